The molecule has 4 rings (SSSR count). The number of para-hydroxylation sites is 1. The number of aromatic nitrogens is 3. The van der Waals surface area contributed by atoms with Crippen LogP contribution in [0.25, 0.3) is 16.4 Å². The highest BCUT2D eigenvalue weighted by molar-refractivity contribution is 7.71. The van der Waals surface area contributed by atoms with E-state index in [4.69, 9.17) is 17.3 Å². The Kier molecular flexibility index (Phi) is 4.11. The zero-order chi connectivity index (χ0) is 15.6. The molecule has 0 spiro atoms. The van der Waals surface area contributed by atoms with E-state index < -0.39 is 0 Å². The summed E-state index contributed by atoms with van der Waals surface area (Å²) < 4.78 is 4.87. The summed E-state index contributed by atoms with van der Waals surface area (Å²) in [5.74, 6) is 0.940. The third-order valence-corrected chi connectivity index (χ3v) is 5.54. The summed E-state index contributed by atoms with van der Waals surface area (Å²) in [5, 5.41) is 6.94. The quantitative estimate of drug-likeness (QED) is 0.738. The van der Waals surface area contributed by atoms with Gasteiger partial charge in [0.1, 0.15) is 0 Å². The molecule has 1 saturated heterocycles. The van der Waals surface area contributed by atoms with Crippen LogP contribution >= 0.6 is 23.6 Å². The third kappa shape index (κ3) is 2.89. The van der Waals surface area contributed by atoms with Crippen LogP contribution in [0.2, 0.25) is 0 Å². The molecule has 1 aliphatic heterocycles. The van der Waals surface area contributed by atoms with Crippen molar-refractivity contribution in [3.63, 3.8) is 0 Å². The Balaban J connectivity index is 1.82. The molecule has 3 heterocycles. The molecule has 0 unspecified atom stereocenters. The number of hydrogen-bond donors (Lipinski definition) is 1. The first-order valence-electron chi connectivity index (χ1n) is 7.95. The number of nitrogens with zero attached hydrogens (tertiary/aromatic N) is 3. The summed E-state index contributed by atoms with van der Waals surface area (Å²) >= 11 is 7.46. The Hall–Kier alpha value is -1.76. The number of hydrogen-bond acceptors (Lipinski definition) is 3. The van der Waals surface area contributed by atoms with Crippen LogP contribution in [0.4, 0.5) is 0 Å². The molecular formula is C17H19N4S2+. The van der Waals surface area contributed by atoms with Crippen LogP contribution in [-0.4, -0.2) is 27.4 Å². The summed E-state index contributed by atoms with van der Waals surface area (Å²) in [6, 6.07) is 14.4. The van der Waals surface area contributed by atoms with E-state index in [2.05, 4.69) is 34.2 Å². The SMILES string of the molecule is S=c1n(C[NH+]2CCCC2)nc(-c2cccs2)n1-c1ccccc1. The van der Waals surface area contributed by atoms with Crippen molar-refractivity contribution >= 4 is 23.6 Å². The van der Waals surface area contributed by atoms with Crippen molar-refractivity contribution in [1.82, 2.24) is 14.3 Å². The van der Waals surface area contributed by atoms with Gasteiger partial charge in [-0.1, -0.05) is 24.3 Å². The van der Waals surface area contributed by atoms with Crippen LogP contribution in [0, 0.1) is 4.77 Å². The molecule has 0 bridgehead atoms. The highest BCUT2D eigenvalue weighted by Gasteiger charge is 2.20. The molecule has 0 saturated carbocycles. The van der Waals surface area contributed by atoms with E-state index >= 15 is 0 Å². The largest absolute Gasteiger partial charge is 0.316 e. The highest BCUT2D eigenvalue weighted by atomic mass is 32.1. The van der Waals surface area contributed by atoms with E-state index in [0.717, 1.165) is 27.8 Å². The van der Waals surface area contributed by atoms with E-state index in [-0.39, 0.29) is 0 Å². The number of likely N-dealkylation sites (tertiary alicyclic amines) is 1. The van der Waals surface area contributed by atoms with Crippen LogP contribution in [-0.2, 0) is 6.67 Å². The molecule has 0 amide bonds. The highest BCUT2D eigenvalue weighted by Crippen LogP contribution is 2.26. The average molecular weight is 344 g/mol. The number of thiophene rings is 1. The maximum Gasteiger partial charge on any atom is 0.207 e. The van der Waals surface area contributed by atoms with E-state index in [1.165, 1.54) is 25.9 Å². The summed E-state index contributed by atoms with van der Waals surface area (Å²) in [5.41, 5.74) is 1.07. The summed E-state index contributed by atoms with van der Waals surface area (Å²) in [7, 11) is 0. The number of benzene rings is 1. The summed E-state index contributed by atoms with van der Waals surface area (Å²) in [6.07, 6.45) is 2.61. The predicted octanol–water partition coefficient (Wildman–Crippen LogP) is 2.77. The van der Waals surface area contributed by atoms with Gasteiger partial charge in [-0.05, 0) is 35.8 Å². The lowest BCUT2D eigenvalue weighted by Gasteiger charge is -2.11. The molecule has 0 aliphatic carbocycles. The summed E-state index contributed by atoms with van der Waals surface area (Å²) in [4.78, 5) is 2.71. The van der Waals surface area contributed by atoms with Gasteiger partial charge < -0.3 is 4.90 Å². The Bertz CT molecular complexity index is 827. The first-order valence-corrected chi connectivity index (χ1v) is 9.24. The molecule has 3 aromatic rings. The molecule has 1 aliphatic rings. The van der Waals surface area contributed by atoms with Gasteiger partial charge in [0.15, 0.2) is 12.5 Å². The number of rotatable bonds is 4. The van der Waals surface area contributed by atoms with Crippen molar-refractivity contribution in [1.29, 1.82) is 0 Å². The minimum atomic E-state index is 0.777. The van der Waals surface area contributed by atoms with Crippen molar-refractivity contribution in [3.8, 4) is 16.4 Å². The van der Waals surface area contributed by atoms with Crippen molar-refractivity contribution in [2.45, 2.75) is 19.5 Å². The Labute approximate surface area is 144 Å². The first-order chi connectivity index (χ1) is 11.3. The van der Waals surface area contributed by atoms with E-state index in [1.54, 1.807) is 16.2 Å². The maximum atomic E-state index is 5.76. The smallest absolute Gasteiger partial charge is 0.207 e. The minimum Gasteiger partial charge on any atom is -0.316 e. The Morgan fingerprint density at radius 3 is 2.57 bits per heavy atom. The molecule has 23 heavy (non-hydrogen) atoms. The van der Waals surface area contributed by atoms with Gasteiger partial charge in [-0.25, -0.2) is 0 Å². The van der Waals surface area contributed by atoms with Crippen LogP contribution in [0.1, 0.15) is 12.8 Å². The van der Waals surface area contributed by atoms with Gasteiger partial charge in [0.2, 0.25) is 4.77 Å². The monoisotopic (exact) mass is 343 g/mol. The molecule has 1 aromatic carbocycles. The van der Waals surface area contributed by atoms with E-state index in [9.17, 15) is 0 Å². The molecule has 1 N–H and O–H groups in total. The average Bonchev–Trinajstić information content (AvgIpc) is 3.31. The second-order valence-electron chi connectivity index (χ2n) is 5.87. The van der Waals surface area contributed by atoms with E-state index in [0.29, 0.717) is 0 Å². The second-order valence-corrected chi connectivity index (χ2v) is 7.18. The van der Waals surface area contributed by atoms with Gasteiger partial charge >= 0.3 is 0 Å². The molecule has 6 heteroatoms. The fourth-order valence-corrected chi connectivity index (χ4v) is 4.13. The fourth-order valence-electron chi connectivity index (χ4n) is 3.13. The van der Waals surface area contributed by atoms with Crippen molar-refractivity contribution in [3.05, 3.63) is 52.6 Å². The summed E-state index contributed by atoms with van der Waals surface area (Å²) in [6.45, 7) is 3.29. The number of quaternary nitrogens is 1. The second kappa shape index (κ2) is 6.39. The van der Waals surface area contributed by atoms with Gasteiger partial charge in [-0.15, -0.1) is 16.4 Å². The van der Waals surface area contributed by atoms with Gasteiger partial charge in [0, 0.05) is 12.8 Å². The van der Waals surface area contributed by atoms with Crippen molar-refractivity contribution in [2.24, 2.45) is 0 Å². The standard InChI is InChI=1S/C17H18N4S2/c22-17-20(13-19-10-4-5-11-19)18-16(15-9-6-12-23-15)21(17)14-7-2-1-3-8-14/h1-3,6-9,12H,4-5,10-11,13H2/p+1. The lowest BCUT2D eigenvalue weighted by Crippen LogP contribution is -3.09. The molecule has 0 radical (unpaired) electrons. The molecule has 1 fully saturated rings. The van der Waals surface area contributed by atoms with Crippen molar-refractivity contribution < 1.29 is 4.90 Å². The van der Waals surface area contributed by atoms with Gasteiger partial charge in [-0.2, -0.15) is 4.68 Å². The zero-order valence-electron chi connectivity index (χ0n) is 12.8. The minimum absolute atomic E-state index is 0.777. The third-order valence-electron chi connectivity index (χ3n) is 4.28. The lowest BCUT2D eigenvalue weighted by molar-refractivity contribution is -0.911. The molecule has 2 aromatic heterocycles. The first kappa shape index (κ1) is 14.8. The van der Waals surface area contributed by atoms with Gasteiger partial charge in [0.05, 0.1) is 23.7 Å². The molecule has 118 valence electrons. The Morgan fingerprint density at radius 1 is 1.09 bits per heavy atom. The molecule has 0 atom stereocenters. The van der Waals surface area contributed by atoms with Crippen molar-refractivity contribution in [2.75, 3.05) is 13.1 Å². The molecular weight excluding hydrogens is 324 g/mol. The van der Waals surface area contributed by atoms with Crippen LogP contribution in [0.15, 0.2) is 47.8 Å². The molecule has 4 nitrogen and oxygen atoms in total. The number of nitrogens with one attached hydrogen (secondary N) is 1. The van der Waals surface area contributed by atoms with Gasteiger partial charge in [-0.3, -0.25) is 4.57 Å². The predicted molar refractivity (Wildman–Crippen MR) is 95.6 cm³/mol. The fraction of sp³-hybridized carbons (Fsp3) is 0.294. The van der Waals surface area contributed by atoms with Crippen LogP contribution in [0.3, 0.4) is 0 Å². The van der Waals surface area contributed by atoms with Crippen LogP contribution < -0.4 is 4.90 Å². The van der Waals surface area contributed by atoms with E-state index in [1.807, 2.05) is 22.9 Å². The zero-order valence-corrected chi connectivity index (χ0v) is 14.4. The topological polar surface area (TPSA) is 27.2 Å². The van der Waals surface area contributed by atoms with Gasteiger partial charge in [0.25, 0.3) is 0 Å². The normalized spacial score (nSPS) is 15.3. The Morgan fingerprint density at radius 2 is 1.87 bits per heavy atom. The maximum absolute atomic E-state index is 5.76. The van der Waals surface area contributed by atoms with Crippen LogP contribution in [0.5, 0.6) is 0 Å². The lowest BCUT2D eigenvalue weighted by atomic mass is 10.3.